The summed E-state index contributed by atoms with van der Waals surface area (Å²) in [5.74, 6) is 0.889. The Labute approximate surface area is 157 Å². The number of anilines is 3. The number of aromatic nitrogens is 2. The molecule has 1 aromatic carbocycles. The van der Waals surface area contributed by atoms with E-state index in [0.29, 0.717) is 13.1 Å². The van der Waals surface area contributed by atoms with Crippen LogP contribution in [0.4, 0.5) is 22.0 Å². The second kappa shape index (κ2) is 7.61. The molecule has 0 spiro atoms. The second-order valence-corrected chi connectivity index (χ2v) is 6.74. The molecule has 2 aliphatic rings. The van der Waals surface area contributed by atoms with Gasteiger partial charge in [-0.15, -0.1) is 0 Å². The summed E-state index contributed by atoms with van der Waals surface area (Å²) in [6.07, 6.45) is 6.67. The second-order valence-electron chi connectivity index (χ2n) is 6.74. The highest BCUT2D eigenvalue weighted by atomic mass is 16.2. The molecule has 0 radical (unpaired) electrons. The van der Waals surface area contributed by atoms with Crippen molar-refractivity contribution in [1.29, 1.82) is 0 Å². The first kappa shape index (κ1) is 17.3. The van der Waals surface area contributed by atoms with E-state index in [9.17, 15) is 9.59 Å². The molecule has 1 aromatic heterocycles. The van der Waals surface area contributed by atoms with Crippen LogP contribution < -0.4 is 20.4 Å². The average Bonchev–Trinajstić information content (AvgIpc) is 3.15. The van der Waals surface area contributed by atoms with Crippen molar-refractivity contribution in [3.05, 3.63) is 42.9 Å². The van der Waals surface area contributed by atoms with Gasteiger partial charge < -0.3 is 15.5 Å². The summed E-state index contributed by atoms with van der Waals surface area (Å²) in [5.41, 5.74) is 1.58. The Kier molecular flexibility index (Phi) is 4.86. The molecule has 0 aliphatic carbocycles. The molecule has 4 rings (SSSR count). The summed E-state index contributed by atoms with van der Waals surface area (Å²) in [5, 5.41) is 5.77. The van der Waals surface area contributed by atoms with Gasteiger partial charge in [0.25, 0.3) is 0 Å². The number of amides is 3. The predicted molar refractivity (Wildman–Crippen MR) is 103 cm³/mol. The van der Waals surface area contributed by atoms with Gasteiger partial charge in [0, 0.05) is 55.9 Å². The fraction of sp³-hybridized carbons (Fsp3) is 0.368. The normalized spacial score (nSPS) is 17.7. The Morgan fingerprint density at radius 1 is 1.11 bits per heavy atom. The van der Waals surface area contributed by atoms with Crippen molar-refractivity contribution in [3.8, 4) is 0 Å². The maximum Gasteiger partial charge on any atom is 0.321 e. The van der Waals surface area contributed by atoms with Gasteiger partial charge in [-0.1, -0.05) is 0 Å². The number of rotatable bonds is 4. The maximum atomic E-state index is 12.6. The number of nitrogens with zero attached hydrogens (tertiary/aromatic N) is 4. The number of piperidine rings is 1. The van der Waals surface area contributed by atoms with Crippen molar-refractivity contribution in [2.24, 2.45) is 5.92 Å². The van der Waals surface area contributed by atoms with Crippen molar-refractivity contribution in [2.45, 2.75) is 12.8 Å². The molecule has 8 nitrogen and oxygen atoms in total. The van der Waals surface area contributed by atoms with E-state index in [1.165, 1.54) is 0 Å². The first-order chi connectivity index (χ1) is 13.2. The largest absolute Gasteiger partial charge is 0.355 e. The minimum absolute atomic E-state index is 0.0121. The van der Waals surface area contributed by atoms with E-state index in [0.717, 1.165) is 43.1 Å². The standard InChI is InChI=1S/C19H22N6O2/c26-18(14-5-10-24(11-6-14)17-13-20-7-8-21-17)23-15-1-3-16(4-2-15)25-12-9-22-19(25)27/h1-4,7-8,13-14H,5-6,9-12H2,(H,22,27)(H,23,26). The van der Waals surface area contributed by atoms with Crippen LogP contribution in [-0.4, -0.2) is 48.1 Å². The van der Waals surface area contributed by atoms with Crippen LogP contribution in [0.25, 0.3) is 0 Å². The zero-order valence-electron chi connectivity index (χ0n) is 15.0. The lowest BCUT2D eigenvalue weighted by molar-refractivity contribution is -0.120. The van der Waals surface area contributed by atoms with Crippen LogP contribution in [0.3, 0.4) is 0 Å². The first-order valence-corrected chi connectivity index (χ1v) is 9.18. The van der Waals surface area contributed by atoms with E-state index in [1.807, 2.05) is 24.3 Å². The summed E-state index contributed by atoms with van der Waals surface area (Å²) < 4.78 is 0. The van der Waals surface area contributed by atoms with E-state index in [-0.39, 0.29) is 17.9 Å². The van der Waals surface area contributed by atoms with Crippen LogP contribution in [0.2, 0.25) is 0 Å². The van der Waals surface area contributed by atoms with E-state index in [4.69, 9.17) is 0 Å². The molecule has 0 atom stereocenters. The van der Waals surface area contributed by atoms with Crippen molar-refractivity contribution >= 4 is 29.1 Å². The Balaban J connectivity index is 1.31. The minimum Gasteiger partial charge on any atom is -0.355 e. The summed E-state index contributed by atoms with van der Waals surface area (Å²) in [7, 11) is 0. The molecule has 3 amide bonds. The zero-order chi connectivity index (χ0) is 18.6. The van der Waals surface area contributed by atoms with E-state index in [2.05, 4.69) is 25.5 Å². The van der Waals surface area contributed by atoms with Crippen molar-refractivity contribution < 1.29 is 9.59 Å². The van der Waals surface area contributed by atoms with Gasteiger partial charge in [-0.3, -0.25) is 14.7 Å². The van der Waals surface area contributed by atoms with Gasteiger partial charge in [0.15, 0.2) is 0 Å². The molecule has 0 bridgehead atoms. The molecule has 0 unspecified atom stereocenters. The van der Waals surface area contributed by atoms with Gasteiger partial charge in [0.05, 0.1) is 6.20 Å². The lowest BCUT2D eigenvalue weighted by Gasteiger charge is -2.31. The Morgan fingerprint density at radius 2 is 1.89 bits per heavy atom. The number of hydrogen-bond donors (Lipinski definition) is 2. The number of urea groups is 1. The monoisotopic (exact) mass is 366 g/mol. The van der Waals surface area contributed by atoms with E-state index < -0.39 is 0 Å². The van der Waals surface area contributed by atoms with Crippen LogP contribution in [0.15, 0.2) is 42.9 Å². The predicted octanol–water partition coefficient (Wildman–Crippen LogP) is 1.86. The first-order valence-electron chi connectivity index (χ1n) is 9.18. The van der Waals surface area contributed by atoms with Crippen LogP contribution in [0, 0.1) is 5.92 Å². The van der Waals surface area contributed by atoms with E-state index in [1.54, 1.807) is 23.5 Å². The highest BCUT2D eigenvalue weighted by Crippen LogP contribution is 2.24. The molecule has 2 fully saturated rings. The van der Waals surface area contributed by atoms with E-state index >= 15 is 0 Å². The average molecular weight is 366 g/mol. The van der Waals surface area contributed by atoms with Crippen molar-refractivity contribution in [1.82, 2.24) is 15.3 Å². The Bertz CT molecular complexity index is 803. The van der Waals surface area contributed by atoms with Gasteiger partial charge in [-0.05, 0) is 37.1 Å². The number of benzene rings is 1. The van der Waals surface area contributed by atoms with Gasteiger partial charge >= 0.3 is 6.03 Å². The molecular weight excluding hydrogens is 344 g/mol. The van der Waals surface area contributed by atoms with Gasteiger partial charge in [-0.25, -0.2) is 9.78 Å². The number of nitrogens with one attached hydrogen (secondary N) is 2. The van der Waals surface area contributed by atoms with Crippen LogP contribution in [0.5, 0.6) is 0 Å². The molecule has 2 aliphatic heterocycles. The molecule has 8 heteroatoms. The molecule has 27 heavy (non-hydrogen) atoms. The summed E-state index contributed by atoms with van der Waals surface area (Å²) >= 11 is 0. The summed E-state index contributed by atoms with van der Waals surface area (Å²) in [6, 6.07) is 7.32. The molecular formula is C19H22N6O2. The fourth-order valence-corrected chi connectivity index (χ4v) is 3.51. The molecule has 140 valence electrons. The van der Waals surface area contributed by atoms with Crippen molar-refractivity contribution in [2.75, 3.05) is 41.3 Å². The molecule has 2 saturated heterocycles. The Morgan fingerprint density at radius 3 is 2.52 bits per heavy atom. The summed E-state index contributed by atoms with van der Waals surface area (Å²) in [4.78, 5) is 36.5. The zero-order valence-corrected chi connectivity index (χ0v) is 15.0. The van der Waals surface area contributed by atoms with Crippen LogP contribution >= 0.6 is 0 Å². The third-order valence-corrected chi connectivity index (χ3v) is 5.04. The maximum absolute atomic E-state index is 12.6. The minimum atomic E-state index is -0.0818. The lowest BCUT2D eigenvalue weighted by atomic mass is 9.96. The lowest BCUT2D eigenvalue weighted by Crippen LogP contribution is -2.38. The third-order valence-electron chi connectivity index (χ3n) is 5.04. The van der Waals surface area contributed by atoms with Gasteiger partial charge in [0.2, 0.25) is 5.91 Å². The molecule has 0 saturated carbocycles. The number of hydrogen-bond acceptors (Lipinski definition) is 5. The third kappa shape index (κ3) is 3.84. The summed E-state index contributed by atoms with van der Waals surface area (Å²) in [6.45, 7) is 2.90. The van der Waals surface area contributed by atoms with Crippen LogP contribution in [0.1, 0.15) is 12.8 Å². The highest BCUT2D eigenvalue weighted by Gasteiger charge is 2.26. The van der Waals surface area contributed by atoms with Crippen LogP contribution in [-0.2, 0) is 4.79 Å². The quantitative estimate of drug-likeness (QED) is 0.862. The van der Waals surface area contributed by atoms with Gasteiger partial charge in [0.1, 0.15) is 5.82 Å². The Hall–Kier alpha value is -3.16. The number of carbonyl (C=O) groups is 2. The molecule has 2 N–H and O–H groups in total. The van der Waals surface area contributed by atoms with Crippen molar-refractivity contribution in [3.63, 3.8) is 0 Å². The highest BCUT2D eigenvalue weighted by molar-refractivity contribution is 5.95. The van der Waals surface area contributed by atoms with Gasteiger partial charge in [-0.2, -0.15) is 0 Å². The fourth-order valence-electron chi connectivity index (χ4n) is 3.51. The SMILES string of the molecule is O=C(Nc1ccc(N2CCNC2=O)cc1)C1CCN(c2cnccn2)CC1. The topological polar surface area (TPSA) is 90.5 Å². The molecule has 3 heterocycles. The number of carbonyl (C=O) groups excluding carboxylic acids is 2. The smallest absolute Gasteiger partial charge is 0.321 e. The molecule has 2 aromatic rings.